The summed E-state index contributed by atoms with van der Waals surface area (Å²) in [6.07, 6.45) is 1.23. The van der Waals surface area contributed by atoms with Crippen molar-refractivity contribution >= 4 is 12.0 Å². The summed E-state index contributed by atoms with van der Waals surface area (Å²) in [5, 5.41) is 2.85. The fourth-order valence-corrected chi connectivity index (χ4v) is 2.72. The minimum Gasteiger partial charge on any atom is -0.445 e. The molecule has 1 fully saturated rings. The SMILES string of the molecule is CC(C)[C@H](N)C(=O)N1CCC[C@H](NC(=O)OCc2ccccc2)C1. The Hall–Kier alpha value is -2.08. The summed E-state index contributed by atoms with van der Waals surface area (Å²) in [7, 11) is 0. The fraction of sp³-hybridized carbons (Fsp3) is 0.556. The van der Waals surface area contributed by atoms with Gasteiger partial charge in [-0.3, -0.25) is 4.79 Å². The molecule has 3 N–H and O–H groups in total. The van der Waals surface area contributed by atoms with Crippen LogP contribution < -0.4 is 11.1 Å². The number of nitrogens with two attached hydrogens (primary N) is 1. The van der Waals surface area contributed by atoms with E-state index in [4.69, 9.17) is 10.5 Å². The Kier molecular flexibility index (Phi) is 6.61. The van der Waals surface area contributed by atoms with Crippen LogP contribution in [0, 0.1) is 5.92 Å². The second-order valence-electron chi connectivity index (χ2n) is 6.60. The van der Waals surface area contributed by atoms with Gasteiger partial charge in [0, 0.05) is 19.1 Å². The zero-order valence-corrected chi connectivity index (χ0v) is 14.4. The van der Waals surface area contributed by atoms with Crippen molar-refractivity contribution < 1.29 is 14.3 Å². The van der Waals surface area contributed by atoms with Gasteiger partial charge in [0.05, 0.1) is 6.04 Å². The molecule has 2 amide bonds. The average molecular weight is 333 g/mol. The summed E-state index contributed by atoms with van der Waals surface area (Å²) < 4.78 is 5.23. The van der Waals surface area contributed by atoms with Gasteiger partial charge < -0.3 is 20.7 Å². The van der Waals surface area contributed by atoms with Crippen LogP contribution in [0.1, 0.15) is 32.3 Å². The van der Waals surface area contributed by atoms with Crippen LogP contribution in [-0.4, -0.2) is 42.1 Å². The molecule has 2 rings (SSSR count). The van der Waals surface area contributed by atoms with Gasteiger partial charge in [0.2, 0.25) is 5.91 Å². The number of hydrogen-bond acceptors (Lipinski definition) is 4. The molecule has 0 bridgehead atoms. The summed E-state index contributed by atoms with van der Waals surface area (Å²) in [5.74, 6) is 0.0517. The molecule has 1 aromatic carbocycles. The number of rotatable bonds is 5. The lowest BCUT2D eigenvalue weighted by Crippen LogP contribution is -2.54. The zero-order valence-electron chi connectivity index (χ0n) is 14.4. The van der Waals surface area contributed by atoms with Gasteiger partial charge in [0.1, 0.15) is 6.61 Å². The summed E-state index contributed by atoms with van der Waals surface area (Å²) in [5.41, 5.74) is 6.89. The van der Waals surface area contributed by atoms with Gasteiger partial charge in [-0.1, -0.05) is 44.2 Å². The van der Waals surface area contributed by atoms with E-state index in [2.05, 4.69) is 5.32 Å². The zero-order chi connectivity index (χ0) is 17.5. The smallest absolute Gasteiger partial charge is 0.407 e. The molecule has 0 radical (unpaired) electrons. The highest BCUT2D eigenvalue weighted by Crippen LogP contribution is 2.13. The fourth-order valence-electron chi connectivity index (χ4n) is 2.72. The van der Waals surface area contributed by atoms with Gasteiger partial charge in [-0.15, -0.1) is 0 Å². The molecular formula is C18H27N3O3. The van der Waals surface area contributed by atoms with E-state index < -0.39 is 12.1 Å². The molecule has 0 aliphatic carbocycles. The lowest BCUT2D eigenvalue weighted by Gasteiger charge is -2.35. The van der Waals surface area contributed by atoms with Crippen LogP contribution in [-0.2, 0) is 16.1 Å². The second kappa shape index (κ2) is 8.68. The Morgan fingerprint density at radius 1 is 1.33 bits per heavy atom. The van der Waals surface area contributed by atoms with Crippen molar-refractivity contribution in [3.05, 3.63) is 35.9 Å². The quantitative estimate of drug-likeness (QED) is 0.862. The first-order valence-corrected chi connectivity index (χ1v) is 8.49. The molecule has 0 saturated carbocycles. The van der Waals surface area contributed by atoms with Crippen LogP contribution in [0.2, 0.25) is 0 Å². The lowest BCUT2D eigenvalue weighted by molar-refractivity contribution is -0.134. The second-order valence-corrected chi connectivity index (χ2v) is 6.60. The number of carbonyl (C=O) groups is 2. The molecule has 2 atom stereocenters. The summed E-state index contributed by atoms with van der Waals surface area (Å²) in [6, 6.07) is 8.94. The first-order chi connectivity index (χ1) is 11.5. The number of piperidine rings is 1. The van der Waals surface area contributed by atoms with E-state index in [1.807, 2.05) is 44.2 Å². The van der Waals surface area contributed by atoms with E-state index in [0.29, 0.717) is 13.1 Å². The number of nitrogens with zero attached hydrogens (tertiary/aromatic N) is 1. The van der Waals surface area contributed by atoms with Crippen LogP contribution >= 0.6 is 0 Å². The first-order valence-electron chi connectivity index (χ1n) is 8.49. The third-order valence-electron chi connectivity index (χ3n) is 4.27. The number of carbonyl (C=O) groups excluding carboxylic acids is 2. The van der Waals surface area contributed by atoms with Crippen molar-refractivity contribution in [2.75, 3.05) is 13.1 Å². The van der Waals surface area contributed by atoms with Crippen LogP contribution in [0.25, 0.3) is 0 Å². The normalized spacial score (nSPS) is 19.0. The molecule has 132 valence electrons. The van der Waals surface area contributed by atoms with E-state index in [9.17, 15) is 9.59 Å². The minimum absolute atomic E-state index is 0.0471. The van der Waals surface area contributed by atoms with Crippen molar-refractivity contribution in [3.63, 3.8) is 0 Å². The van der Waals surface area contributed by atoms with Gasteiger partial charge in [0.25, 0.3) is 0 Å². The Morgan fingerprint density at radius 2 is 2.04 bits per heavy atom. The number of ether oxygens (including phenoxy) is 1. The molecule has 6 heteroatoms. The highest BCUT2D eigenvalue weighted by atomic mass is 16.5. The lowest BCUT2D eigenvalue weighted by atomic mass is 10.0. The number of alkyl carbamates (subject to hydrolysis) is 1. The number of hydrogen-bond donors (Lipinski definition) is 2. The average Bonchev–Trinajstić information content (AvgIpc) is 2.59. The van der Waals surface area contributed by atoms with Crippen LogP contribution in [0.4, 0.5) is 4.79 Å². The molecule has 0 spiro atoms. The summed E-state index contributed by atoms with van der Waals surface area (Å²) in [6.45, 7) is 5.28. The first kappa shape index (κ1) is 18.3. The maximum absolute atomic E-state index is 12.3. The third-order valence-corrected chi connectivity index (χ3v) is 4.27. The van der Waals surface area contributed by atoms with Crippen LogP contribution in [0.3, 0.4) is 0 Å². The largest absolute Gasteiger partial charge is 0.445 e. The highest BCUT2D eigenvalue weighted by Gasteiger charge is 2.29. The maximum atomic E-state index is 12.3. The van der Waals surface area contributed by atoms with Crippen molar-refractivity contribution in [2.45, 2.75) is 45.4 Å². The Balaban J connectivity index is 1.79. The molecular weight excluding hydrogens is 306 g/mol. The molecule has 1 heterocycles. The molecule has 1 aliphatic heterocycles. The topological polar surface area (TPSA) is 84.7 Å². The molecule has 0 aromatic heterocycles. The predicted octanol–water partition coefficient (Wildman–Crippen LogP) is 1.89. The molecule has 1 aliphatic rings. The van der Waals surface area contributed by atoms with Gasteiger partial charge in [-0.05, 0) is 24.3 Å². The van der Waals surface area contributed by atoms with Crippen molar-refractivity contribution in [1.82, 2.24) is 10.2 Å². The van der Waals surface area contributed by atoms with E-state index in [0.717, 1.165) is 18.4 Å². The van der Waals surface area contributed by atoms with E-state index >= 15 is 0 Å². The third kappa shape index (κ3) is 5.23. The van der Waals surface area contributed by atoms with Gasteiger partial charge in [-0.25, -0.2) is 4.79 Å². The van der Waals surface area contributed by atoms with Crippen molar-refractivity contribution in [2.24, 2.45) is 11.7 Å². The highest BCUT2D eigenvalue weighted by molar-refractivity contribution is 5.82. The monoisotopic (exact) mass is 333 g/mol. The Bertz CT molecular complexity index is 548. The minimum atomic E-state index is -0.492. The van der Waals surface area contributed by atoms with Crippen LogP contribution in [0.15, 0.2) is 30.3 Å². The Labute approximate surface area is 143 Å². The number of amides is 2. The van der Waals surface area contributed by atoms with Gasteiger partial charge in [-0.2, -0.15) is 0 Å². The summed E-state index contributed by atoms with van der Waals surface area (Å²) >= 11 is 0. The van der Waals surface area contributed by atoms with Gasteiger partial charge in [0.15, 0.2) is 0 Å². The number of likely N-dealkylation sites (tertiary alicyclic amines) is 1. The van der Waals surface area contributed by atoms with Crippen molar-refractivity contribution in [3.8, 4) is 0 Å². The van der Waals surface area contributed by atoms with Crippen molar-refractivity contribution in [1.29, 1.82) is 0 Å². The van der Waals surface area contributed by atoms with Gasteiger partial charge >= 0.3 is 6.09 Å². The van der Waals surface area contributed by atoms with E-state index in [1.54, 1.807) is 4.90 Å². The molecule has 6 nitrogen and oxygen atoms in total. The predicted molar refractivity (Wildman–Crippen MR) is 92.2 cm³/mol. The molecule has 24 heavy (non-hydrogen) atoms. The number of benzene rings is 1. The standard InChI is InChI=1S/C18H27N3O3/c1-13(2)16(19)17(22)21-10-6-9-15(11-21)20-18(23)24-12-14-7-4-3-5-8-14/h3-5,7-8,13,15-16H,6,9-12,19H2,1-2H3,(H,20,23)/t15-,16-/m0/s1. The molecule has 0 unspecified atom stereocenters. The molecule has 1 aromatic rings. The Morgan fingerprint density at radius 3 is 2.71 bits per heavy atom. The maximum Gasteiger partial charge on any atom is 0.407 e. The van der Waals surface area contributed by atoms with E-state index in [1.165, 1.54) is 0 Å². The number of nitrogens with one attached hydrogen (secondary N) is 1. The summed E-state index contributed by atoms with van der Waals surface area (Å²) in [4.78, 5) is 26.0. The van der Waals surface area contributed by atoms with Crippen LogP contribution in [0.5, 0.6) is 0 Å². The van der Waals surface area contributed by atoms with E-state index in [-0.39, 0.29) is 24.5 Å². The molecule has 1 saturated heterocycles.